The monoisotopic (exact) mass is 209 g/mol. The van der Waals surface area contributed by atoms with Gasteiger partial charge in [-0.2, -0.15) is 0 Å². The lowest BCUT2D eigenvalue weighted by atomic mass is 9.92. The lowest BCUT2D eigenvalue weighted by Gasteiger charge is -2.17. The van der Waals surface area contributed by atoms with Crippen LogP contribution in [0.2, 0.25) is 0 Å². The van der Waals surface area contributed by atoms with Crippen molar-refractivity contribution in [2.45, 2.75) is 47.1 Å². The summed E-state index contributed by atoms with van der Waals surface area (Å²) in [5.41, 5.74) is 1.06. The van der Waals surface area contributed by atoms with E-state index in [1.54, 1.807) is 6.92 Å². The van der Waals surface area contributed by atoms with E-state index < -0.39 is 0 Å². The molecule has 15 heavy (non-hydrogen) atoms. The van der Waals surface area contributed by atoms with Gasteiger partial charge in [0.05, 0.1) is 12.1 Å². The fourth-order valence-electron chi connectivity index (χ4n) is 1.23. The summed E-state index contributed by atoms with van der Waals surface area (Å²) in [5, 5.41) is 7.94. The van der Waals surface area contributed by atoms with Crippen LogP contribution in [0.1, 0.15) is 39.8 Å². The van der Waals surface area contributed by atoms with E-state index in [4.69, 9.17) is 0 Å². The van der Waals surface area contributed by atoms with Crippen LogP contribution in [-0.2, 0) is 17.8 Å². The first-order chi connectivity index (χ1) is 6.87. The smallest absolute Gasteiger partial charge is 0.135 e. The van der Waals surface area contributed by atoms with E-state index in [0.29, 0.717) is 11.8 Å². The maximum atomic E-state index is 10.9. The van der Waals surface area contributed by atoms with Gasteiger partial charge < -0.3 is 0 Å². The third-order valence-corrected chi connectivity index (χ3v) is 2.11. The second-order valence-electron chi connectivity index (χ2n) is 5.16. The molecule has 1 aromatic rings. The highest BCUT2D eigenvalue weighted by atomic mass is 16.1. The molecule has 0 aliphatic heterocycles. The summed E-state index contributed by atoms with van der Waals surface area (Å²) in [6.45, 7) is 9.00. The first-order valence-electron chi connectivity index (χ1n) is 5.25. The van der Waals surface area contributed by atoms with E-state index in [0.717, 1.165) is 18.7 Å². The van der Waals surface area contributed by atoms with E-state index in [1.165, 1.54) is 0 Å². The van der Waals surface area contributed by atoms with Crippen LogP contribution >= 0.6 is 0 Å². The highest BCUT2D eigenvalue weighted by Gasteiger charge is 2.11. The van der Waals surface area contributed by atoms with Gasteiger partial charge >= 0.3 is 0 Å². The predicted molar refractivity (Wildman–Crippen MR) is 58.5 cm³/mol. The van der Waals surface area contributed by atoms with Gasteiger partial charge in [0.1, 0.15) is 5.78 Å². The third-order valence-electron chi connectivity index (χ3n) is 2.11. The molecule has 1 heterocycles. The van der Waals surface area contributed by atoms with E-state index in [1.807, 2.05) is 10.9 Å². The molecule has 0 atom stereocenters. The van der Waals surface area contributed by atoms with Gasteiger partial charge in [0.2, 0.25) is 0 Å². The fraction of sp³-hybridized carbons (Fsp3) is 0.727. The van der Waals surface area contributed by atoms with Gasteiger partial charge in [-0.3, -0.25) is 9.48 Å². The standard InChI is InChI=1S/C11H19N3O/c1-9(15)7-10-8-14(13-12-10)6-5-11(2,3)4/h8H,5-7H2,1-4H3. The number of Topliss-reactive ketones (excluding diaryl/α,β-unsaturated/α-hetero) is 1. The average molecular weight is 209 g/mol. The summed E-state index contributed by atoms with van der Waals surface area (Å²) in [6.07, 6.45) is 3.29. The van der Waals surface area contributed by atoms with Crippen LogP contribution in [0, 0.1) is 5.41 Å². The first-order valence-corrected chi connectivity index (χ1v) is 5.25. The zero-order valence-electron chi connectivity index (χ0n) is 9.95. The minimum Gasteiger partial charge on any atom is -0.300 e. The number of nitrogens with zero attached hydrogens (tertiary/aromatic N) is 3. The minimum absolute atomic E-state index is 0.123. The summed E-state index contributed by atoms with van der Waals surface area (Å²) >= 11 is 0. The molecule has 4 heteroatoms. The van der Waals surface area contributed by atoms with Gasteiger partial charge in [-0.05, 0) is 18.8 Å². The molecule has 1 rings (SSSR count). The van der Waals surface area contributed by atoms with Crippen molar-refractivity contribution in [3.8, 4) is 0 Å². The van der Waals surface area contributed by atoms with Crippen LogP contribution < -0.4 is 0 Å². The second-order valence-corrected chi connectivity index (χ2v) is 5.16. The molecule has 0 fully saturated rings. The summed E-state index contributed by atoms with van der Waals surface area (Å²) in [7, 11) is 0. The Labute approximate surface area is 90.7 Å². The Morgan fingerprint density at radius 1 is 1.47 bits per heavy atom. The van der Waals surface area contributed by atoms with Gasteiger partial charge in [-0.25, -0.2) is 0 Å². The van der Waals surface area contributed by atoms with Crippen LogP contribution in [0.15, 0.2) is 6.20 Å². The molecule has 0 unspecified atom stereocenters. The number of hydrogen-bond donors (Lipinski definition) is 0. The molecule has 0 aromatic carbocycles. The lowest BCUT2D eigenvalue weighted by molar-refractivity contribution is -0.116. The second kappa shape index (κ2) is 4.55. The molecule has 0 aliphatic carbocycles. The fourth-order valence-corrected chi connectivity index (χ4v) is 1.23. The molecular weight excluding hydrogens is 190 g/mol. The molecule has 0 aliphatic rings. The number of rotatable bonds is 4. The zero-order valence-corrected chi connectivity index (χ0v) is 9.95. The van der Waals surface area contributed by atoms with Crippen molar-refractivity contribution in [3.63, 3.8) is 0 Å². The van der Waals surface area contributed by atoms with E-state index in [9.17, 15) is 4.79 Å². The van der Waals surface area contributed by atoms with Gasteiger partial charge in [0, 0.05) is 12.7 Å². The molecular formula is C11H19N3O. The summed E-state index contributed by atoms with van der Waals surface area (Å²) in [6, 6.07) is 0. The molecule has 0 amide bonds. The lowest BCUT2D eigenvalue weighted by Crippen LogP contribution is -2.10. The molecule has 1 aromatic heterocycles. The highest BCUT2D eigenvalue weighted by Crippen LogP contribution is 2.18. The SMILES string of the molecule is CC(=O)Cc1cn(CCC(C)(C)C)nn1. The van der Waals surface area contributed by atoms with E-state index in [2.05, 4.69) is 31.1 Å². The Kier molecular flexibility index (Phi) is 3.61. The number of carbonyl (C=O) groups is 1. The quantitative estimate of drug-likeness (QED) is 0.760. The number of aryl methyl sites for hydroxylation is 1. The number of carbonyl (C=O) groups excluding carboxylic acids is 1. The van der Waals surface area contributed by atoms with Crippen molar-refractivity contribution in [1.29, 1.82) is 0 Å². The van der Waals surface area contributed by atoms with Crippen molar-refractivity contribution < 1.29 is 4.79 Å². The topological polar surface area (TPSA) is 47.8 Å². The van der Waals surface area contributed by atoms with Crippen LogP contribution in [0.3, 0.4) is 0 Å². The van der Waals surface area contributed by atoms with Crippen LogP contribution in [0.5, 0.6) is 0 Å². The Balaban J connectivity index is 2.50. The van der Waals surface area contributed by atoms with Crippen molar-refractivity contribution in [2.24, 2.45) is 5.41 Å². The van der Waals surface area contributed by atoms with Crippen molar-refractivity contribution in [1.82, 2.24) is 15.0 Å². The van der Waals surface area contributed by atoms with Crippen molar-refractivity contribution in [2.75, 3.05) is 0 Å². The largest absolute Gasteiger partial charge is 0.300 e. The Morgan fingerprint density at radius 3 is 2.67 bits per heavy atom. The Morgan fingerprint density at radius 2 is 2.13 bits per heavy atom. The Bertz CT molecular complexity index is 336. The van der Waals surface area contributed by atoms with Crippen LogP contribution in [0.25, 0.3) is 0 Å². The first kappa shape index (κ1) is 11.9. The Hall–Kier alpha value is -1.19. The summed E-state index contributed by atoms with van der Waals surface area (Å²) < 4.78 is 1.81. The zero-order chi connectivity index (χ0) is 11.5. The number of aromatic nitrogens is 3. The minimum atomic E-state index is 0.123. The molecule has 0 saturated heterocycles. The highest BCUT2D eigenvalue weighted by molar-refractivity contribution is 5.77. The molecule has 0 saturated carbocycles. The third kappa shape index (κ3) is 4.72. The molecule has 0 radical (unpaired) electrons. The predicted octanol–water partition coefficient (Wildman–Crippen LogP) is 1.85. The van der Waals surface area contributed by atoms with Gasteiger partial charge in [-0.15, -0.1) is 5.10 Å². The van der Waals surface area contributed by atoms with Gasteiger partial charge in [-0.1, -0.05) is 26.0 Å². The molecule has 0 bridgehead atoms. The number of hydrogen-bond acceptors (Lipinski definition) is 3. The summed E-state index contributed by atoms with van der Waals surface area (Å²) in [5.74, 6) is 0.123. The van der Waals surface area contributed by atoms with Crippen molar-refractivity contribution >= 4 is 5.78 Å². The molecule has 0 N–H and O–H groups in total. The summed E-state index contributed by atoms with van der Waals surface area (Å²) in [4.78, 5) is 10.9. The number of ketones is 1. The van der Waals surface area contributed by atoms with Gasteiger partial charge in [0.15, 0.2) is 0 Å². The van der Waals surface area contributed by atoms with Gasteiger partial charge in [0.25, 0.3) is 0 Å². The average Bonchev–Trinajstić information content (AvgIpc) is 2.46. The maximum Gasteiger partial charge on any atom is 0.135 e. The maximum absolute atomic E-state index is 10.9. The molecule has 84 valence electrons. The van der Waals surface area contributed by atoms with Crippen molar-refractivity contribution in [3.05, 3.63) is 11.9 Å². The van der Waals surface area contributed by atoms with Crippen LogP contribution in [-0.4, -0.2) is 20.8 Å². The van der Waals surface area contributed by atoms with E-state index in [-0.39, 0.29) is 5.78 Å². The molecule has 0 spiro atoms. The van der Waals surface area contributed by atoms with Crippen LogP contribution in [0.4, 0.5) is 0 Å². The normalized spacial score (nSPS) is 11.7. The molecule has 4 nitrogen and oxygen atoms in total. The van der Waals surface area contributed by atoms with E-state index >= 15 is 0 Å².